The number of fused-ring (bicyclic) bond motifs is 1. The molecular weight excluding hydrogens is 182 g/mol. The fraction of sp³-hybridized carbons (Fsp3) is 0.400. The first-order valence-corrected chi connectivity index (χ1v) is 5.33. The minimum absolute atomic E-state index is 0.358. The van der Waals surface area contributed by atoms with Gasteiger partial charge in [-0.15, -0.1) is 0 Å². The normalized spacial score (nSPS) is 20.5. The maximum absolute atomic E-state index is 9.31. The Morgan fingerprint density at radius 2 is 2.31 bits per heavy atom. The first-order valence-electron chi connectivity index (χ1n) is 4.45. The van der Waals surface area contributed by atoms with Gasteiger partial charge >= 0.3 is 0 Å². The zero-order valence-corrected chi connectivity index (χ0v) is 8.64. The Hall–Kier alpha value is -0.830. The SMILES string of the molecule is CCC1Sc2cc(O)ccc2N1C. The van der Waals surface area contributed by atoms with Crippen LogP contribution in [-0.2, 0) is 0 Å². The van der Waals surface area contributed by atoms with Crippen molar-refractivity contribution in [3.05, 3.63) is 18.2 Å². The van der Waals surface area contributed by atoms with Gasteiger partial charge in [0.15, 0.2) is 0 Å². The summed E-state index contributed by atoms with van der Waals surface area (Å²) in [7, 11) is 2.10. The van der Waals surface area contributed by atoms with Crippen LogP contribution in [0.25, 0.3) is 0 Å². The highest BCUT2D eigenvalue weighted by atomic mass is 32.2. The van der Waals surface area contributed by atoms with E-state index in [0.29, 0.717) is 11.1 Å². The van der Waals surface area contributed by atoms with Crippen LogP contribution in [0, 0.1) is 0 Å². The van der Waals surface area contributed by atoms with Gasteiger partial charge in [0.1, 0.15) is 5.75 Å². The summed E-state index contributed by atoms with van der Waals surface area (Å²) in [5.41, 5.74) is 1.23. The number of phenols is 1. The molecule has 0 aliphatic carbocycles. The number of nitrogens with zero attached hydrogens (tertiary/aromatic N) is 1. The zero-order valence-electron chi connectivity index (χ0n) is 7.82. The van der Waals surface area contributed by atoms with E-state index in [0.717, 1.165) is 6.42 Å². The Balaban J connectivity index is 2.38. The third-order valence-corrected chi connectivity index (χ3v) is 3.87. The second-order valence-corrected chi connectivity index (χ2v) is 4.46. The van der Waals surface area contributed by atoms with Crippen molar-refractivity contribution in [3.63, 3.8) is 0 Å². The summed E-state index contributed by atoms with van der Waals surface area (Å²) in [6, 6.07) is 5.56. The minimum Gasteiger partial charge on any atom is -0.508 e. The molecule has 0 saturated carbocycles. The molecule has 0 saturated heterocycles. The first-order chi connectivity index (χ1) is 6.22. The van der Waals surface area contributed by atoms with Crippen molar-refractivity contribution in [3.8, 4) is 5.75 Å². The average molecular weight is 195 g/mol. The molecule has 0 radical (unpaired) electrons. The highest BCUT2D eigenvalue weighted by Gasteiger charge is 2.25. The van der Waals surface area contributed by atoms with Crippen LogP contribution in [0.3, 0.4) is 0 Å². The van der Waals surface area contributed by atoms with Gasteiger partial charge in [-0.25, -0.2) is 0 Å². The van der Waals surface area contributed by atoms with Gasteiger partial charge < -0.3 is 10.0 Å². The molecular formula is C10H13NOS. The van der Waals surface area contributed by atoms with Crippen LogP contribution in [0.4, 0.5) is 5.69 Å². The third kappa shape index (κ3) is 1.37. The molecule has 13 heavy (non-hydrogen) atoms. The van der Waals surface area contributed by atoms with Crippen LogP contribution in [-0.4, -0.2) is 17.5 Å². The molecule has 1 unspecified atom stereocenters. The van der Waals surface area contributed by atoms with Crippen LogP contribution in [0.15, 0.2) is 23.1 Å². The first kappa shape index (κ1) is 8.75. The molecule has 1 aromatic carbocycles. The summed E-state index contributed by atoms with van der Waals surface area (Å²) in [6.07, 6.45) is 1.12. The number of hydrogen-bond acceptors (Lipinski definition) is 3. The monoisotopic (exact) mass is 195 g/mol. The average Bonchev–Trinajstić information content (AvgIpc) is 2.42. The maximum atomic E-state index is 9.31. The van der Waals surface area contributed by atoms with Gasteiger partial charge in [0, 0.05) is 11.9 Å². The van der Waals surface area contributed by atoms with Gasteiger partial charge in [0.25, 0.3) is 0 Å². The summed E-state index contributed by atoms with van der Waals surface area (Å²) in [5, 5.41) is 9.83. The van der Waals surface area contributed by atoms with Crippen LogP contribution in [0.2, 0.25) is 0 Å². The zero-order chi connectivity index (χ0) is 9.42. The Morgan fingerprint density at radius 1 is 1.54 bits per heavy atom. The lowest BCUT2D eigenvalue weighted by Gasteiger charge is -2.19. The highest BCUT2D eigenvalue weighted by molar-refractivity contribution is 8.00. The molecule has 0 spiro atoms. The van der Waals surface area contributed by atoms with Crippen molar-refractivity contribution in [2.45, 2.75) is 23.6 Å². The van der Waals surface area contributed by atoms with E-state index in [9.17, 15) is 5.11 Å². The molecule has 3 heteroatoms. The summed E-state index contributed by atoms with van der Waals surface area (Å²) >= 11 is 1.82. The van der Waals surface area contributed by atoms with Crippen molar-refractivity contribution in [1.82, 2.24) is 0 Å². The van der Waals surface area contributed by atoms with Crippen molar-refractivity contribution in [2.75, 3.05) is 11.9 Å². The van der Waals surface area contributed by atoms with E-state index in [1.54, 1.807) is 6.07 Å². The van der Waals surface area contributed by atoms with Gasteiger partial charge in [-0.2, -0.15) is 0 Å². The van der Waals surface area contributed by atoms with Gasteiger partial charge in [-0.1, -0.05) is 18.7 Å². The van der Waals surface area contributed by atoms with Crippen molar-refractivity contribution in [1.29, 1.82) is 0 Å². The molecule has 0 aromatic heterocycles. The van der Waals surface area contributed by atoms with E-state index in [1.165, 1.54) is 10.6 Å². The molecule has 1 aromatic rings. The van der Waals surface area contributed by atoms with E-state index >= 15 is 0 Å². The van der Waals surface area contributed by atoms with Crippen molar-refractivity contribution >= 4 is 17.4 Å². The number of thioether (sulfide) groups is 1. The molecule has 0 bridgehead atoms. The summed E-state index contributed by atoms with van der Waals surface area (Å²) in [5.74, 6) is 0.358. The standard InChI is InChI=1S/C10H13NOS/c1-3-10-11(2)8-5-4-7(12)6-9(8)13-10/h4-6,10,12H,3H2,1-2H3. The predicted octanol–water partition coefficient (Wildman–Crippen LogP) is 2.67. The van der Waals surface area contributed by atoms with E-state index < -0.39 is 0 Å². The number of rotatable bonds is 1. The van der Waals surface area contributed by atoms with Crippen molar-refractivity contribution < 1.29 is 5.11 Å². The molecule has 1 aliphatic heterocycles. The van der Waals surface area contributed by atoms with Crippen LogP contribution in [0.1, 0.15) is 13.3 Å². The Bertz CT molecular complexity index is 327. The second kappa shape index (κ2) is 3.14. The second-order valence-electron chi connectivity index (χ2n) is 3.24. The molecule has 1 atom stereocenters. The van der Waals surface area contributed by atoms with E-state index in [1.807, 2.05) is 23.9 Å². The largest absolute Gasteiger partial charge is 0.508 e. The van der Waals surface area contributed by atoms with E-state index in [4.69, 9.17) is 0 Å². The van der Waals surface area contributed by atoms with Crippen molar-refractivity contribution in [2.24, 2.45) is 0 Å². The van der Waals surface area contributed by atoms with Crippen LogP contribution in [0.5, 0.6) is 5.75 Å². The molecule has 0 amide bonds. The topological polar surface area (TPSA) is 23.5 Å². The molecule has 2 rings (SSSR count). The molecule has 2 nitrogen and oxygen atoms in total. The summed E-state index contributed by atoms with van der Waals surface area (Å²) in [4.78, 5) is 3.45. The Kier molecular flexibility index (Phi) is 2.12. The van der Waals surface area contributed by atoms with Gasteiger partial charge in [-0.05, 0) is 24.6 Å². The Labute approximate surface area is 82.6 Å². The molecule has 1 aliphatic rings. The molecule has 1 heterocycles. The van der Waals surface area contributed by atoms with Crippen LogP contribution >= 0.6 is 11.8 Å². The predicted molar refractivity (Wildman–Crippen MR) is 56.4 cm³/mol. The third-order valence-electron chi connectivity index (χ3n) is 2.37. The minimum atomic E-state index is 0.358. The number of phenolic OH excluding ortho intramolecular Hbond substituents is 1. The van der Waals surface area contributed by atoms with Gasteiger partial charge in [0.2, 0.25) is 0 Å². The fourth-order valence-corrected chi connectivity index (χ4v) is 2.88. The molecule has 0 fully saturated rings. The highest BCUT2D eigenvalue weighted by Crippen LogP contribution is 2.44. The smallest absolute Gasteiger partial charge is 0.116 e. The number of anilines is 1. The lowest BCUT2D eigenvalue weighted by molar-refractivity contribution is 0.474. The summed E-state index contributed by atoms with van der Waals surface area (Å²) < 4.78 is 0. The van der Waals surface area contributed by atoms with Gasteiger partial charge in [-0.3, -0.25) is 0 Å². The quantitative estimate of drug-likeness (QED) is 0.745. The van der Waals surface area contributed by atoms with Crippen LogP contribution < -0.4 is 4.90 Å². The Morgan fingerprint density at radius 3 is 3.00 bits per heavy atom. The van der Waals surface area contributed by atoms with Gasteiger partial charge in [0.05, 0.1) is 11.1 Å². The molecule has 1 N–H and O–H groups in total. The maximum Gasteiger partial charge on any atom is 0.116 e. The number of aromatic hydroxyl groups is 1. The van der Waals surface area contributed by atoms with E-state index in [2.05, 4.69) is 18.9 Å². The lowest BCUT2D eigenvalue weighted by atomic mass is 10.3. The number of benzene rings is 1. The molecule has 70 valence electrons. The summed E-state index contributed by atoms with van der Waals surface area (Å²) in [6.45, 7) is 2.18. The van der Waals surface area contributed by atoms with E-state index in [-0.39, 0.29) is 0 Å². The fourth-order valence-electron chi connectivity index (χ4n) is 1.63. The number of hydrogen-bond donors (Lipinski definition) is 1. The lowest BCUT2D eigenvalue weighted by Crippen LogP contribution is -2.23.